The molecule has 0 amide bonds. The van der Waals surface area contributed by atoms with Gasteiger partial charge in [-0.15, -0.1) is 11.6 Å². The highest BCUT2D eigenvalue weighted by Gasteiger charge is 2.36. The molecule has 1 aromatic rings. The Labute approximate surface area is 107 Å². The van der Waals surface area contributed by atoms with Crippen LogP contribution in [0.2, 0.25) is 0 Å². The van der Waals surface area contributed by atoms with Gasteiger partial charge in [-0.25, -0.2) is 9.97 Å². The van der Waals surface area contributed by atoms with Crippen LogP contribution in [0.1, 0.15) is 30.5 Å². The summed E-state index contributed by atoms with van der Waals surface area (Å²) in [6.07, 6.45) is 6.06. The van der Waals surface area contributed by atoms with E-state index in [1.165, 1.54) is 19.3 Å². The average Bonchev–Trinajstić information content (AvgIpc) is 2.88. The molecule has 0 radical (unpaired) electrons. The first-order chi connectivity index (χ1) is 8.28. The summed E-state index contributed by atoms with van der Waals surface area (Å²) in [6.45, 7) is 4.30. The summed E-state index contributed by atoms with van der Waals surface area (Å²) < 4.78 is 0. The number of aromatic nitrogens is 2. The molecule has 4 heteroatoms. The molecule has 2 fully saturated rings. The van der Waals surface area contributed by atoms with Gasteiger partial charge >= 0.3 is 0 Å². The number of nitrogens with zero attached hydrogens (tertiary/aromatic N) is 3. The number of halogens is 1. The normalized spacial score (nSPS) is 27.5. The summed E-state index contributed by atoms with van der Waals surface area (Å²) in [6, 6.07) is 0. The van der Waals surface area contributed by atoms with Gasteiger partial charge in [0.05, 0.1) is 5.88 Å². The van der Waals surface area contributed by atoms with E-state index in [4.69, 9.17) is 11.6 Å². The van der Waals surface area contributed by atoms with E-state index in [9.17, 15) is 0 Å². The number of hydrogen-bond donors (Lipinski definition) is 0. The lowest BCUT2D eigenvalue weighted by Gasteiger charge is -2.17. The third-order valence-corrected chi connectivity index (χ3v) is 4.51. The summed E-state index contributed by atoms with van der Waals surface area (Å²) in [5, 5.41) is 0. The molecule has 0 bridgehead atoms. The third-order valence-electron chi connectivity index (χ3n) is 4.22. The molecule has 2 heterocycles. The molecular formula is C13H18ClN3. The van der Waals surface area contributed by atoms with Crippen LogP contribution in [0.15, 0.2) is 6.20 Å². The van der Waals surface area contributed by atoms with Gasteiger partial charge in [-0.1, -0.05) is 6.42 Å². The van der Waals surface area contributed by atoms with Crippen molar-refractivity contribution in [3.05, 3.63) is 17.5 Å². The second-order valence-electron chi connectivity index (χ2n) is 5.27. The molecule has 2 atom stereocenters. The number of hydrogen-bond acceptors (Lipinski definition) is 3. The fraction of sp³-hybridized carbons (Fsp3) is 0.692. The molecule has 3 rings (SSSR count). The Bertz CT molecular complexity index is 409. The molecule has 3 nitrogen and oxygen atoms in total. The number of rotatable bonds is 2. The Morgan fingerprint density at radius 3 is 2.65 bits per heavy atom. The van der Waals surface area contributed by atoms with E-state index >= 15 is 0 Å². The summed E-state index contributed by atoms with van der Waals surface area (Å²) in [5.41, 5.74) is 2.05. The smallest absolute Gasteiger partial charge is 0.225 e. The first-order valence-electron chi connectivity index (χ1n) is 6.41. The monoisotopic (exact) mass is 251 g/mol. The van der Waals surface area contributed by atoms with Gasteiger partial charge in [-0.2, -0.15) is 0 Å². The highest BCUT2D eigenvalue weighted by molar-refractivity contribution is 6.17. The van der Waals surface area contributed by atoms with Crippen molar-refractivity contribution < 1.29 is 0 Å². The minimum Gasteiger partial charge on any atom is -0.340 e. The number of alkyl halides is 1. The third kappa shape index (κ3) is 2.01. The van der Waals surface area contributed by atoms with Crippen LogP contribution in [0.3, 0.4) is 0 Å². The molecule has 0 spiro atoms. The van der Waals surface area contributed by atoms with Crippen LogP contribution < -0.4 is 4.90 Å². The molecule has 1 aliphatic heterocycles. The van der Waals surface area contributed by atoms with E-state index < -0.39 is 0 Å². The summed E-state index contributed by atoms with van der Waals surface area (Å²) in [7, 11) is 0. The van der Waals surface area contributed by atoms with E-state index in [0.29, 0.717) is 5.88 Å². The van der Waals surface area contributed by atoms with Gasteiger partial charge < -0.3 is 4.90 Å². The zero-order chi connectivity index (χ0) is 11.8. The van der Waals surface area contributed by atoms with Crippen molar-refractivity contribution in [3.63, 3.8) is 0 Å². The van der Waals surface area contributed by atoms with Crippen LogP contribution in [0.5, 0.6) is 0 Å². The van der Waals surface area contributed by atoms with Crippen molar-refractivity contribution in [1.82, 2.24) is 9.97 Å². The Morgan fingerprint density at radius 1 is 1.35 bits per heavy atom. The van der Waals surface area contributed by atoms with Crippen LogP contribution in [0, 0.1) is 18.8 Å². The van der Waals surface area contributed by atoms with Crippen molar-refractivity contribution in [1.29, 1.82) is 0 Å². The maximum Gasteiger partial charge on any atom is 0.225 e. The Balaban J connectivity index is 1.79. The zero-order valence-electron chi connectivity index (χ0n) is 10.2. The lowest BCUT2D eigenvalue weighted by Crippen LogP contribution is -2.23. The quantitative estimate of drug-likeness (QED) is 0.757. The van der Waals surface area contributed by atoms with Crippen molar-refractivity contribution in [2.45, 2.75) is 32.1 Å². The van der Waals surface area contributed by atoms with Crippen LogP contribution >= 0.6 is 11.6 Å². The molecule has 1 aromatic heterocycles. The van der Waals surface area contributed by atoms with Crippen molar-refractivity contribution in [2.24, 2.45) is 11.8 Å². The molecule has 17 heavy (non-hydrogen) atoms. The van der Waals surface area contributed by atoms with E-state index in [1.54, 1.807) is 0 Å². The predicted molar refractivity (Wildman–Crippen MR) is 69.4 cm³/mol. The Morgan fingerprint density at radius 2 is 2.06 bits per heavy atom. The van der Waals surface area contributed by atoms with Gasteiger partial charge in [0.1, 0.15) is 0 Å². The first-order valence-corrected chi connectivity index (χ1v) is 6.95. The second-order valence-corrected chi connectivity index (χ2v) is 5.54. The minimum absolute atomic E-state index is 0.497. The topological polar surface area (TPSA) is 29.0 Å². The van der Waals surface area contributed by atoms with Gasteiger partial charge in [-0.3, -0.25) is 0 Å². The molecule has 92 valence electrons. The van der Waals surface area contributed by atoms with Crippen LogP contribution in [-0.4, -0.2) is 23.1 Å². The molecule has 2 aliphatic rings. The molecule has 1 saturated heterocycles. The standard InChI is InChI=1S/C13H18ClN3/c1-9-12(5-14)6-15-13(16-9)17-7-10-3-2-4-11(10)8-17/h6,10-11H,2-5,7-8H2,1H3. The van der Waals surface area contributed by atoms with Gasteiger partial charge in [0.25, 0.3) is 0 Å². The molecule has 1 saturated carbocycles. The van der Waals surface area contributed by atoms with Gasteiger partial charge in [0.2, 0.25) is 5.95 Å². The predicted octanol–water partition coefficient (Wildman–Crippen LogP) is 2.76. The summed E-state index contributed by atoms with van der Waals surface area (Å²) >= 11 is 5.83. The lowest BCUT2D eigenvalue weighted by molar-refractivity contribution is 0.494. The minimum atomic E-state index is 0.497. The van der Waals surface area contributed by atoms with E-state index in [0.717, 1.165) is 42.1 Å². The zero-order valence-corrected chi connectivity index (χ0v) is 11.0. The Kier molecular flexibility index (Phi) is 2.95. The highest BCUT2D eigenvalue weighted by Crippen LogP contribution is 2.38. The summed E-state index contributed by atoms with van der Waals surface area (Å²) in [4.78, 5) is 11.4. The highest BCUT2D eigenvalue weighted by atomic mass is 35.5. The van der Waals surface area contributed by atoms with Crippen LogP contribution in [0.4, 0.5) is 5.95 Å². The van der Waals surface area contributed by atoms with Crippen molar-refractivity contribution in [3.8, 4) is 0 Å². The van der Waals surface area contributed by atoms with Gasteiger partial charge in [-0.05, 0) is 31.6 Å². The van der Waals surface area contributed by atoms with Crippen LogP contribution in [0.25, 0.3) is 0 Å². The SMILES string of the molecule is Cc1nc(N2CC3CCCC3C2)ncc1CCl. The molecule has 0 N–H and O–H groups in total. The number of anilines is 1. The fourth-order valence-electron chi connectivity index (χ4n) is 3.16. The number of fused-ring (bicyclic) bond motifs is 1. The maximum absolute atomic E-state index is 5.83. The number of aryl methyl sites for hydroxylation is 1. The van der Waals surface area contributed by atoms with Crippen molar-refractivity contribution >= 4 is 17.5 Å². The molecule has 1 aliphatic carbocycles. The van der Waals surface area contributed by atoms with E-state index in [1.807, 2.05) is 13.1 Å². The van der Waals surface area contributed by atoms with Gasteiger partial charge in [0, 0.05) is 30.5 Å². The largest absolute Gasteiger partial charge is 0.340 e. The Hall–Kier alpha value is -0.830. The fourth-order valence-corrected chi connectivity index (χ4v) is 3.42. The maximum atomic E-state index is 5.83. The average molecular weight is 252 g/mol. The van der Waals surface area contributed by atoms with E-state index in [2.05, 4.69) is 14.9 Å². The summed E-state index contributed by atoms with van der Waals surface area (Å²) in [5.74, 6) is 3.15. The molecular weight excluding hydrogens is 234 g/mol. The van der Waals surface area contributed by atoms with Crippen molar-refractivity contribution in [2.75, 3.05) is 18.0 Å². The lowest BCUT2D eigenvalue weighted by atomic mass is 10.0. The van der Waals surface area contributed by atoms with Crippen LogP contribution in [-0.2, 0) is 5.88 Å². The van der Waals surface area contributed by atoms with Gasteiger partial charge in [0.15, 0.2) is 0 Å². The first kappa shape index (κ1) is 11.3. The molecule has 0 aromatic carbocycles. The van der Waals surface area contributed by atoms with E-state index in [-0.39, 0.29) is 0 Å². The molecule has 2 unspecified atom stereocenters. The second kappa shape index (κ2) is 4.45.